The molecule has 0 spiro atoms. The summed E-state index contributed by atoms with van der Waals surface area (Å²) in [6.07, 6.45) is 2.46. The van der Waals surface area contributed by atoms with Gasteiger partial charge >= 0.3 is 0 Å². The fourth-order valence-electron chi connectivity index (χ4n) is 3.72. The van der Waals surface area contributed by atoms with Gasteiger partial charge in [-0.05, 0) is 67.5 Å². The van der Waals surface area contributed by atoms with E-state index in [1.54, 1.807) is 0 Å². The third-order valence-electron chi connectivity index (χ3n) is 5.19. The smallest absolute Gasteiger partial charge is 0.231 e. The first-order valence-electron chi connectivity index (χ1n) is 9.59. The van der Waals surface area contributed by atoms with Gasteiger partial charge in [0.05, 0.1) is 6.04 Å². The molecule has 0 unspecified atom stereocenters. The van der Waals surface area contributed by atoms with Crippen molar-refractivity contribution in [1.82, 2.24) is 15.5 Å². The second-order valence-corrected chi connectivity index (χ2v) is 7.85. The summed E-state index contributed by atoms with van der Waals surface area (Å²) in [6.45, 7) is 3.82. The van der Waals surface area contributed by atoms with E-state index < -0.39 is 0 Å². The maximum absolute atomic E-state index is 6.48. The maximum Gasteiger partial charge on any atom is 0.231 e. The zero-order chi connectivity index (χ0) is 19.3. The molecule has 0 bridgehead atoms. The monoisotopic (exact) mass is 417 g/mol. The number of halogens is 1. The summed E-state index contributed by atoms with van der Waals surface area (Å²) in [5, 5.41) is 8.09. The molecule has 0 aromatic heterocycles. The molecular weight excluding hydrogens is 394 g/mol. The number of nitrogens with one attached hydrogen (secondary N) is 2. The molecule has 1 saturated heterocycles. The van der Waals surface area contributed by atoms with Crippen molar-refractivity contribution < 1.29 is 9.47 Å². The summed E-state index contributed by atoms with van der Waals surface area (Å²) in [5.41, 5.74) is 2.24. The molecule has 1 fully saturated rings. The Labute approximate surface area is 176 Å². The number of thiocarbonyl (C=S) groups is 1. The van der Waals surface area contributed by atoms with Crippen LogP contribution in [0.3, 0.4) is 0 Å². The van der Waals surface area contributed by atoms with Crippen molar-refractivity contribution in [3.63, 3.8) is 0 Å². The van der Waals surface area contributed by atoms with Gasteiger partial charge in [-0.25, -0.2) is 0 Å². The first-order valence-corrected chi connectivity index (χ1v) is 10.4. The molecule has 0 radical (unpaired) electrons. The Hall–Kier alpha value is -2.02. The van der Waals surface area contributed by atoms with Crippen LogP contribution in [0, 0.1) is 0 Å². The molecule has 0 amide bonds. The number of likely N-dealkylation sites (tertiary alicyclic amines) is 1. The Bertz CT molecular complexity index is 842. The summed E-state index contributed by atoms with van der Waals surface area (Å²) in [5.74, 6) is 1.57. The molecule has 2 N–H and O–H groups in total. The largest absolute Gasteiger partial charge is 0.454 e. The van der Waals surface area contributed by atoms with Crippen LogP contribution in [0.5, 0.6) is 11.5 Å². The molecule has 28 heavy (non-hydrogen) atoms. The van der Waals surface area contributed by atoms with Crippen LogP contribution in [0.25, 0.3) is 0 Å². The highest BCUT2D eigenvalue weighted by Crippen LogP contribution is 2.32. The molecule has 2 aromatic carbocycles. The molecule has 0 saturated carbocycles. The van der Waals surface area contributed by atoms with E-state index in [1.165, 1.54) is 12.8 Å². The fourth-order valence-corrected chi connectivity index (χ4v) is 4.14. The molecule has 2 aliphatic heterocycles. The van der Waals surface area contributed by atoms with Gasteiger partial charge in [-0.3, -0.25) is 4.90 Å². The van der Waals surface area contributed by atoms with E-state index in [4.69, 9.17) is 33.3 Å². The van der Waals surface area contributed by atoms with Crippen LogP contribution < -0.4 is 20.1 Å². The van der Waals surface area contributed by atoms with Crippen molar-refractivity contribution in [2.45, 2.75) is 25.4 Å². The Morgan fingerprint density at radius 2 is 1.86 bits per heavy atom. The van der Waals surface area contributed by atoms with Gasteiger partial charge in [-0.1, -0.05) is 35.9 Å². The molecule has 2 aromatic rings. The maximum atomic E-state index is 6.48. The van der Waals surface area contributed by atoms with E-state index >= 15 is 0 Å². The van der Waals surface area contributed by atoms with Gasteiger partial charge < -0.3 is 20.1 Å². The van der Waals surface area contributed by atoms with Crippen LogP contribution in [0.2, 0.25) is 5.02 Å². The molecule has 1 atom stereocenters. The normalized spacial score (nSPS) is 16.8. The number of hydrogen-bond donors (Lipinski definition) is 2. The Morgan fingerprint density at radius 1 is 1.07 bits per heavy atom. The van der Waals surface area contributed by atoms with Crippen molar-refractivity contribution in [2.75, 3.05) is 26.4 Å². The second-order valence-electron chi connectivity index (χ2n) is 7.03. The van der Waals surface area contributed by atoms with E-state index in [0.29, 0.717) is 11.7 Å². The highest BCUT2D eigenvalue weighted by atomic mass is 35.5. The summed E-state index contributed by atoms with van der Waals surface area (Å²) in [7, 11) is 0. The first-order chi connectivity index (χ1) is 13.7. The number of rotatable bonds is 6. The second kappa shape index (κ2) is 8.99. The zero-order valence-electron chi connectivity index (χ0n) is 15.6. The Balaban J connectivity index is 1.34. The van der Waals surface area contributed by atoms with Gasteiger partial charge in [-0.2, -0.15) is 0 Å². The average molecular weight is 418 g/mol. The third kappa shape index (κ3) is 4.51. The fraction of sp³-hybridized carbons (Fsp3) is 0.381. The van der Waals surface area contributed by atoms with Gasteiger partial charge in [-0.15, -0.1) is 0 Å². The molecule has 2 aliphatic rings. The highest BCUT2D eigenvalue weighted by molar-refractivity contribution is 7.80. The summed E-state index contributed by atoms with van der Waals surface area (Å²) in [6, 6.07) is 14.2. The molecule has 148 valence electrons. The van der Waals surface area contributed by atoms with Gasteiger partial charge in [0.2, 0.25) is 6.79 Å². The lowest BCUT2D eigenvalue weighted by Crippen LogP contribution is -2.41. The standard InChI is InChI=1S/C21H24ClN3O2S/c22-17-6-2-1-5-16(17)18(25-9-3-4-10-25)13-24-21(28)23-12-15-7-8-19-20(11-15)27-14-26-19/h1-2,5-8,11,18H,3-4,9-10,12-14H2,(H2,23,24,28)/t18-/m0/s1. The summed E-state index contributed by atoms with van der Waals surface area (Å²) >= 11 is 12.0. The number of ether oxygens (including phenoxy) is 2. The van der Waals surface area contributed by atoms with Crippen LogP contribution in [0.15, 0.2) is 42.5 Å². The molecule has 7 heteroatoms. The van der Waals surface area contributed by atoms with Crippen molar-refractivity contribution >= 4 is 28.9 Å². The number of fused-ring (bicyclic) bond motifs is 1. The third-order valence-corrected chi connectivity index (χ3v) is 5.82. The van der Waals surface area contributed by atoms with Crippen LogP contribution in [-0.2, 0) is 6.54 Å². The van der Waals surface area contributed by atoms with E-state index in [-0.39, 0.29) is 12.8 Å². The minimum Gasteiger partial charge on any atom is -0.454 e. The first kappa shape index (κ1) is 19.3. The minimum atomic E-state index is 0.210. The van der Waals surface area contributed by atoms with E-state index in [0.717, 1.165) is 47.3 Å². The lowest BCUT2D eigenvalue weighted by molar-refractivity contribution is 0.174. The van der Waals surface area contributed by atoms with Crippen LogP contribution >= 0.6 is 23.8 Å². The van der Waals surface area contributed by atoms with Crippen molar-refractivity contribution in [3.8, 4) is 11.5 Å². The molecule has 2 heterocycles. The number of nitrogens with zero attached hydrogens (tertiary/aromatic N) is 1. The molecule has 0 aliphatic carbocycles. The number of benzene rings is 2. The van der Waals surface area contributed by atoms with Gasteiger partial charge in [0.1, 0.15) is 0 Å². The van der Waals surface area contributed by atoms with Crippen molar-refractivity contribution in [1.29, 1.82) is 0 Å². The van der Waals surface area contributed by atoms with Crippen molar-refractivity contribution in [2.24, 2.45) is 0 Å². The summed E-state index contributed by atoms with van der Waals surface area (Å²) < 4.78 is 10.8. The lowest BCUT2D eigenvalue weighted by Gasteiger charge is -2.29. The Kier molecular flexibility index (Phi) is 6.20. The average Bonchev–Trinajstić information content (AvgIpc) is 3.39. The quantitative estimate of drug-likeness (QED) is 0.696. The van der Waals surface area contributed by atoms with E-state index in [1.807, 2.05) is 36.4 Å². The topological polar surface area (TPSA) is 45.8 Å². The predicted octanol–water partition coefficient (Wildman–Crippen LogP) is 3.87. The van der Waals surface area contributed by atoms with Gasteiger partial charge in [0.25, 0.3) is 0 Å². The SMILES string of the molecule is S=C(NCc1ccc2c(c1)OCO2)NC[C@@H](c1ccccc1Cl)N1CCCC1. The minimum absolute atomic E-state index is 0.210. The molecule has 5 nitrogen and oxygen atoms in total. The van der Waals surface area contributed by atoms with Crippen LogP contribution in [-0.4, -0.2) is 36.4 Å². The molecular formula is C21H24ClN3O2S. The van der Waals surface area contributed by atoms with Crippen LogP contribution in [0.4, 0.5) is 0 Å². The van der Waals surface area contributed by atoms with Crippen LogP contribution in [0.1, 0.15) is 30.0 Å². The number of hydrogen-bond acceptors (Lipinski definition) is 4. The predicted molar refractivity (Wildman–Crippen MR) is 115 cm³/mol. The van der Waals surface area contributed by atoms with E-state index in [9.17, 15) is 0 Å². The lowest BCUT2D eigenvalue weighted by atomic mass is 10.1. The highest BCUT2D eigenvalue weighted by Gasteiger charge is 2.25. The zero-order valence-corrected chi connectivity index (χ0v) is 17.2. The van der Waals surface area contributed by atoms with Crippen molar-refractivity contribution in [3.05, 3.63) is 58.6 Å². The van der Waals surface area contributed by atoms with E-state index in [2.05, 4.69) is 21.6 Å². The molecule has 4 rings (SSSR count). The Morgan fingerprint density at radius 3 is 2.68 bits per heavy atom. The van der Waals surface area contributed by atoms with Gasteiger partial charge in [0.15, 0.2) is 16.6 Å². The summed E-state index contributed by atoms with van der Waals surface area (Å²) in [4.78, 5) is 2.48. The van der Waals surface area contributed by atoms with Gasteiger partial charge in [0, 0.05) is 18.1 Å².